The highest BCUT2D eigenvalue weighted by molar-refractivity contribution is 5.87. The fraction of sp³-hybridized carbons (Fsp3) is 0.308. The topological polar surface area (TPSA) is 134 Å². The Hall–Kier alpha value is -4.63. The van der Waals surface area contributed by atoms with Crippen molar-refractivity contribution in [2.24, 2.45) is 0 Å². The molecule has 4 aromatic heterocycles. The molecule has 0 aliphatic carbocycles. The van der Waals surface area contributed by atoms with Crippen molar-refractivity contribution in [3.05, 3.63) is 72.2 Å². The number of nitrogens with zero attached hydrogens (tertiary/aromatic N) is 8. The largest absolute Gasteiger partial charge is 0.466 e. The zero-order valence-corrected chi connectivity index (χ0v) is 20.7. The summed E-state index contributed by atoms with van der Waals surface area (Å²) in [6.07, 6.45) is 4.37. The third-order valence-corrected chi connectivity index (χ3v) is 6.69. The lowest BCUT2D eigenvalue weighted by molar-refractivity contribution is -0.127. The molecule has 1 N–H and O–H groups in total. The minimum atomic E-state index is -0.914. The van der Waals surface area contributed by atoms with Crippen molar-refractivity contribution in [3.8, 4) is 23.2 Å². The fourth-order valence-corrected chi connectivity index (χ4v) is 4.71. The summed E-state index contributed by atoms with van der Waals surface area (Å²) in [6.45, 7) is 6.27. The van der Waals surface area contributed by atoms with Gasteiger partial charge in [0.25, 0.3) is 0 Å². The number of imidazole rings is 1. The molecule has 0 saturated carbocycles. The summed E-state index contributed by atoms with van der Waals surface area (Å²) >= 11 is 0. The van der Waals surface area contributed by atoms with Gasteiger partial charge in [-0.2, -0.15) is 5.26 Å². The molecule has 5 heterocycles. The van der Waals surface area contributed by atoms with Gasteiger partial charge in [-0.3, -0.25) is 14.2 Å². The number of amides is 1. The molecule has 1 aliphatic rings. The van der Waals surface area contributed by atoms with Gasteiger partial charge in [0.2, 0.25) is 11.8 Å². The summed E-state index contributed by atoms with van der Waals surface area (Å²) in [7, 11) is 0. The molecular formula is C26H25FN8O3. The van der Waals surface area contributed by atoms with Gasteiger partial charge in [0.1, 0.15) is 28.9 Å². The zero-order chi connectivity index (χ0) is 26.8. The fourth-order valence-electron chi connectivity index (χ4n) is 4.71. The lowest BCUT2D eigenvalue weighted by Gasteiger charge is -2.31. The number of piperidine rings is 1. The molecule has 12 heteroatoms. The Morgan fingerprint density at radius 1 is 1.32 bits per heavy atom. The second-order valence-electron chi connectivity index (χ2n) is 8.95. The normalized spacial score (nSPS) is 14.8. The number of carbonyl (C=O) groups is 1. The summed E-state index contributed by atoms with van der Waals surface area (Å²) in [4.78, 5) is 22.1. The van der Waals surface area contributed by atoms with E-state index in [4.69, 9.17) is 4.74 Å². The van der Waals surface area contributed by atoms with Crippen molar-refractivity contribution in [1.29, 1.82) is 5.26 Å². The molecule has 194 valence electrons. The van der Waals surface area contributed by atoms with Crippen LogP contribution in [-0.4, -0.2) is 65.0 Å². The van der Waals surface area contributed by atoms with Crippen LogP contribution >= 0.6 is 0 Å². The number of ether oxygens (including phenoxy) is 1. The third kappa shape index (κ3) is 4.59. The number of aliphatic hydroxyl groups excluding tert-OH is 1. The number of fused-ring (bicyclic) bond motifs is 1. The predicted octanol–water partition coefficient (Wildman–Crippen LogP) is 2.77. The lowest BCUT2D eigenvalue weighted by atomic mass is 10.0. The minimum Gasteiger partial charge on any atom is -0.466 e. The molecule has 0 radical (unpaired) electrons. The van der Waals surface area contributed by atoms with Gasteiger partial charge >= 0.3 is 0 Å². The summed E-state index contributed by atoms with van der Waals surface area (Å²) in [5, 5.41) is 28.4. The molecule has 1 amide bonds. The van der Waals surface area contributed by atoms with Crippen LogP contribution in [0, 0.1) is 24.1 Å². The smallest absolute Gasteiger partial charge is 0.245 e. The van der Waals surface area contributed by atoms with Crippen LogP contribution < -0.4 is 4.74 Å². The molecule has 11 nitrogen and oxygen atoms in total. The van der Waals surface area contributed by atoms with E-state index in [-0.39, 0.29) is 23.5 Å². The third-order valence-electron chi connectivity index (χ3n) is 6.69. The molecule has 0 bridgehead atoms. The maximum Gasteiger partial charge on any atom is 0.245 e. The quantitative estimate of drug-likeness (QED) is 0.371. The summed E-state index contributed by atoms with van der Waals surface area (Å²) < 4.78 is 22.9. The van der Waals surface area contributed by atoms with Gasteiger partial charge in [-0.1, -0.05) is 11.8 Å². The molecule has 1 atom stereocenters. The van der Waals surface area contributed by atoms with Gasteiger partial charge in [-0.15, -0.1) is 5.10 Å². The average Bonchev–Trinajstić information content (AvgIpc) is 3.55. The first kappa shape index (κ1) is 25.0. The maximum absolute atomic E-state index is 13.4. The summed E-state index contributed by atoms with van der Waals surface area (Å²) in [5.74, 6) is -0.344. The van der Waals surface area contributed by atoms with Crippen LogP contribution in [0.1, 0.15) is 42.1 Å². The molecule has 1 saturated heterocycles. The highest BCUT2D eigenvalue weighted by Gasteiger charge is 2.26. The molecule has 4 aromatic rings. The van der Waals surface area contributed by atoms with Crippen LogP contribution in [0.2, 0.25) is 0 Å². The van der Waals surface area contributed by atoms with Crippen LogP contribution in [0.3, 0.4) is 0 Å². The van der Waals surface area contributed by atoms with E-state index in [1.54, 1.807) is 17.0 Å². The highest BCUT2D eigenvalue weighted by Crippen LogP contribution is 2.32. The van der Waals surface area contributed by atoms with E-state index in [0.717, 1.165) is 24.7 Å². The second kappa shape index (κ2) is 10.4. The second-order valence-corrected chi connectivity index (χ2v) is 8.95. The van der Waals surface area contributed by atoms with Gasteiger partial charge in [0.05, 0.1) is 36.4 Å². The van der Waals surface area contributed by atoms with Crippen LogP contribution in [-0.2, 0) is 4.79 Å². The van der Waals surface area contributed by atoms with Crippen molar-refractivity contribution < 1.29 is 19.0 Å². The number of aromatic nitrogens is 6. The van der Waals surface area contributed by atoms with Crippen molar-refractivity contribution in [2.75, 3.05) is 19.7 Å². The summed E-state index contributed by atoms with van der Waals surface area (Å²) in [5.41, 5.74) is 3.13. The van der Waals surface area contributed by atoms with Crippen LogP contribution in [0.4, 0.5) is 4.39 Å². The number of rotatable bonds is 7. The Morgan fingerprint density at radius 2 is 2.11 bits per heavy atom. The average molecular weight is 517 g/mol. The Morgan fingerprint density at radius 3 is 2.76 bits per heavy atom. The zero-order valence-electron chi connectivity index (χ0n) is 20.7. The molecule has 1 fully saturated rings. The molecule has 0 aromatic carbocycles. The van der Waals surface area contributed by atoms with Crippen molar-refractivity contribution in [3.63, 3.8) is 0 Å². The number of pyridine rings is 2. The van der Waals surface area contributed by atoms with E-state index < -0.39 is 18.5 Å². The molecule has 0 spiro atoms. The SMILES string of the molecule is C=CC(=O)N1CCC(n2nnc(-c3cc(OC(CO)c4ccc(F)cn4)n4c(C#N)cnc4c3)c2C)CC1. The summed E-state index contributed by atoms with van der Waals surface area (Å²) in [6, 6.07) is 8.33. The Labute approximate surface area is 217 Å². The van der Waals surface area contributed by atoms with E-state index in [1.807, 2.05) is 11.6 Å². The highest BCUT2D eigenvalue weighted by atomic mass is 19.1. The number of likely N-dealkylation sites (tertiary alicyclic amines) is 1. The predicted molar refractivity (Wildman–Crippen MR) is 133 cm³/mol. The van der Waals surface area contributed by atoms with Crippen LogP contribution in [0.15, 0.2) is 49.3 Å². The molecule has 1 aliphatic heterocycles. The number of carbonyl (C=O) groups excluding carboxylic acids is 1. The van der Waals surface area contributed by atoms with Crippen LogP contribution in [0.25, 0.3) is 16.9 Å². The van der Waals surface area contributed by atoms with Crippen LogP contribution in [0.5, 0.6) is 5.88 Å². The van der Waals surface area contributed by atoms with Gasteiger partial charge in [-0.25, -0.2) is 14.1 Å². The Kier molecular flexibility index (Phi) is 6.85. The molecular weight excluding hydrogens is 491 g/mol. The number of halogens is 1. The first-order valence-corrected chi connectivity index (χ1v) is 12.1. The number of nitriles is 1. The first-order valence-electron chi connectivity index (χ1n) is 12.1. The number of aliphatic hydroxyl groups is 1. The van der Waals surface area contributed by atoms with E-state index >= 15 is 0 Å². The van der Waals surface area contributed by atoms with Crippen molar-refractivity contribution >= 4 is 11.6 Å². The molecule has 5 rings (SSSR count). The minimum absolute atomic E-state index is 0.0752. The van der Waals surface area contributed by atoms with E-state index in [0.29, 0.717) is 35.7 Å². The first-order chi connectivity index (χ1) is 18.4. The van der Waals surface area contributed by atoms with Crippen molar-refractivity contribution in [2.45, 2.75) is 31.9 Å². The van der Waals surface area contributed by atoms with Crippen molar-refractivity contribution in [1.82, 2.24) is 34.3 Å². The molecule has 1 unspecified atom stereocenters. The lowest BCUT2D eigenvalue weighted by Crippen LogP contribution is -2.38. The monoisotopic (exact) mass is 516 g/mol. The van der Waals surface area contributed by atoms with Gasteiger partial charge in [0, 0.05) is 24.7 Å². The Bertz CT molecular complexity index is 1530. The van der Waals surface area contributed by atoms with Gasteiger partial charge in [-0.05, 0) is 44.0 Å². The number of hydrogen-bond acceptors (Lipinski definition) is 8. The Balaban J connectivity index is 1.49. The van der Waals surface area contributed by atoms with E-state index in [9.17, 15) is 19.6 Å². The number of hydrogen-bond donors (Lipinski definition) is 1. The molecule has 38 heavy (non-hydrogen) atoms. The maximum atomic E-state index is 13.4. The van der Waals surface area contributed by atoms with Gasteiger partial charge < -0.3 is 14.7 Å². The van der Waals surface area contributed by atoms with E-state index in [2.05, 4.69) is 32.9 Å². The standard InChI is InChI=1S/C26H25FN8O3/c1-3-24(37)33-8-6-19(7-9-33)35-16(2)26(31-32-35)17-10-23-30-14-20(12-28)34(23)25(11-17)38-22(15-36)21-5-4-18(27)13-29-21/h3-5,10-11,13-14,19,22,36H,1,6-9,15H2,2H3. The van der Waals surface area contributed by atoms with Gasteiger partial charge in [0.15, 0.2) is 6.10 Å². The van der Waals surface area contributed by atoms with E-state index in [1.165, 1.54) is 28.8 Å².